The second-order valence-corrected chi connectivity index (χ2v) is 12.1. The van der Waals surface area contributed by atoms with Crippen LogP contribution in [0.3, 0.4) is 0 Å². The molecule has 4 aliphatic carbocycles. The number of carboxylic acid groups (broad SMARTS) is 1. The highest BCUT2D eigenvalue weighted by Crippen LogP contribution is 2.66. The van der Waals surface area contributed by atoms with Crippen LogP contribution in [-0.2, 0) is 19.1 Å². The SMILES string of the molecule is C=C(C)C(CC)(CCC(C)C1CCC2C3C=CC4=CC(=O)C=CC4(C)C3CCC12C(=O)O)OC(C)=O. The number of rotatable bonds is 8. The van der Waals surface area contributed by atoms with E-state index < -0.39 is 17.0 Å². The normalized spacial score (nSPS) is 37.1. The first-order chi connectivity index (χ1) is 16.9. The smallest absolute Gasteiger partial charge is 0.310 e. The van der Waals surface area contributed by atoms with Gasteiger partial charge in [0, 0.05) is 12.3 Å². The number of fused-ring (bicyclic) bond motifs is 5. The largest absolute Gasteiger partial charge is 0.481 e. The monoisotopic (exact) mass is 494 g/mol. The molecular weight excluding hydrogens is 452 g/mol. The van der Waals surface area contributed by atoms with E-state index >= 15 is 0 Å². The third-order valence-electron chi connectivity index (χ3n) is 10.5. The van der Waals surface area contributed by atoms with E-state index in [-0.39, 0.29) is 40.8 Å². The maximum Gasteiger partial charge on any atom is 0.310 e. The number of carbonyl (C=O) groups is 3. The van der Waals surface area contributed by atoms with Crippen LogP contribution in [0.25, 0.3) is 0 Å². The number of hydrogen-bond acceptors (Lipinski definition) is 4. The van der Waals surface area contributed by atoms with E-state index in [0.717, 1.165) is 36.8 Å². The third-order valence-corrected chi connectivity index (χ3v) is 10.5. The number of carbonyl (C=O) groups excluding carboxylic acids is 2. The second-order valence-electron chi connectivity index (χ2n) is 12.1. The van der Waals surface area contributed by atoms with Gasteiger partial charge >= 0.3 is 11.9 Å². The lowest BCUT2D eigenvalue weighted by molar-refractivity contribution is -0.163. The predicted molar refractivity (Wildman–Crippen MR) is 140 cm³/mol. The van der Waals surface area contributed by atoms with Gasteiger partial charge in [-0.2, -0.15) is 0 Å². The summed E-state index contributed by atoms with van der Waals surface area (Å²) in [4.78, 5) is 36.9. The summed E-state index contributed by atoms with van der Waals surface area (Å²) >= 11 is 0. The van der Waals surface area contributed by atoms with Crippen LogP contribution in [0.4, 0.5) is 0 Å². The van der Waals surface area contributed by atoms with Crippen molar-refractivity contribution < 1.29 is 24.2 Å². The van der Waals surface area contributed by atoms with Gasteiger partial charge in [-0.3, -0.25) is 14.4 Å². The maximum atomic E-state index is 13.1. The summed E-state index contributed by atoms with van der Waals surface area (Å²) in [5, 5.41) is 10.7. The Morgan fingerprint density at radius 3 is 2.56 bits per heavy atom. The van der Waals surface area contributed by atoms with Gasteiger partial charge in [0.15, 0.2) is 5.78 Å². The average molecular weight is 495 g/mol. The van der Waals surface area contributed by atoms with Crippen LogP contribution < -0.4 is 0 Å². The van der Waals surface area contributed by atoms with Gasteiger partial charge in [-0.15, -0.1) is 0 Å². The van der Waals surface area contributed by atoms with Crippen molar-refractivity contribution in [1.29, 1.82) is 0 Å². The van der Waals surface area contributed by atoms with Crippen molar-refractivity contribution in [2.24, 2.45) is 40.4 Å². The molecule has 0 aromatic carbocycles. The number of aliphatic carboxylic acids is 1. The molecule has 5 heteroatoms. The molecule has 0 bridgehead atoms. The van der Waals surface area contributed by atoms with Gasteiger partial charge < -0.3 is 9.84 Å². The quantitative estimate of drug-likeness (QED) is 0.310. The molecule has 5 nitrogen and oxygen atoms in total. The molecule has 196 valence electrons. The average Bonchev–Trinajstić information content (AvgIpc) is 3.23. The molecule has 36 heavy (non-hydrogen) atoms. The molecule has 0 spiro atoms. The Morgan fingerprint density at radius 1 is 1.22 bits per heavy atom. The summed E-state index contributed by atoms with van der Waals surface area (Å²) in [6.07, 6.45) is 15.2. The molecule has 4 aliphatic rings. The fourth-order valence-electron chi connectivity index (χ4n) is 8.44. The van der Waals surface area contributed by atoms with Crippen LogP contribution in [0.2, 0.25) is 0 Å². The molecule has 1 N–H and O–H groups in total. The lowest BCUT2D eigenvalue weighted by Crippen LogP contribution is -2.53. The molecule has 0 aliphatic heterocycles. The highest BCUT2D eigenvalue weighted by Gasteiger charge is 2.63. The van der Waals surface area contributed by atoms with Crippen molar-refractivity contribution >= 4 is 17.7 Å². The van der Waals surface area contributed by atoms with Gasteiger partial charge in [-0.25, -0.2) is 0 Å². The number of hydrogen-bond donors (Lipinski definition) is 1. The lowest BCUT2D eigenvalue weighted by Gasteiger charge is -2.54. The van der Waals surface area contributed by atoms with E-state index in [1.165, 1.54) is 6.92 Å². The fourth-order valence-corrected chi connectivity index (χ4v) is 8.44. The van der Waals surface area contributed by atoms with E-state index in [4.69, 9.17) is 4.74 Å². The minimum atomic E-state index is -0.740. The lowest BCUT2D eigenvalue weighted by atomic mass is 9.48. The molecule has 2 saturated carbocycles. The van der Waals surface area contributed by atoms with Crippen molar-refractivity contribution in [1.82, 2.24) is 0 Å². The van der Waals surface area contributed by atoms with Gasteiger partial charge in [0.05, 0.1) is 5.41 Å². The van der Waals surface area contributed by atoms with Crippen LogP contribution in [0.15, 0.2) is 48.1 Å². The van der Waals surface area contributed by atoms with Crippen molar-refractivity contribution in [2.45, 2.75) is 85.2 Å². The number of carboxylic acids is 1. The van der Waals surface area contributed by atoms with Crippen molar-refractivity contribution in [3.63, 3.8) is 0 Å². The summed E-state index contributed by atoms with van der Waals surface area (Å²) in [6, 6.07) is 0. The Balaban J connectivity index is 1.60. The Morgan fingerprint density at radius 2 is 1.94 bits per heavy atom. The summed E-state index contributed by atoms with van der Waals surface area (Å²) < 4.78 is 5.78. The minimum Gasteiger partial charge on any atom is -0.481 e. The Labute approximate surface area is 215 Å². The van der Waals surface area contributed by atoms with Crippen molar-refractivity contribution in [3.8, 4) is 0 Å². The molecule has 2 fully saturated rings. The van der Waals surface area contributed by atoms with Crippen LogP contribution in [0, 0.1) is 40.4 Å². The van der Waals surface area contributed by atoms with Crippen LogP contribution >= 0.6 is 0 Å². The zero-order valence-corrected chi connectivity index (χ0v) is 22.5. The van der Waals surface area contributed by atoms with Gasteiger partial charge in [-0.1, -0.05) is 45.6 Å². The topological polar surface area (TPSA) is 80.7 Å². The number of esters is 1. The first kappa shape index (κ1) is 26.6. The summed E-state index contributed by atoms with van der Waals surface area (Å²) in [5.74, 6) is -0.0682. The van der Waals surface area contributed by atoms with Crippen LogP contribution in [0.5, 0.6) is 0 Å². The van der Waals surface area contributed by atoms with Gasteiger partial charge in [0.2, 0.25) is 0 Å². The molecular formula is C31H42O5. The Bertz CT molecular complexity index is 1050. The molecule has 0 heterocycles. The van der Waals surface area contributed by atoms with Crippen molar-refractivity contribution in [3.05, 3.63) is 48.1 Å². The Kier molecular flexibility index (Phi) is 7.00. The van der Waals surface area contributed by atoms with Gasteiger partial charge in [-0.05, 0) is 105 Å². The first-order valence-electron chi connectivity index (χ1n) is 13.6. The zero-order chi connectivity index (χ0) is 26.5. The zero-order valence-electron chi connectivity index (χ0n) is 22.5. The highest BCUT2D eigenvalue weighted by molar-refractivity contribution is 6.01. The number of ether oxygens (including phenoxy) is 1. The van der Waals surface area contributed by atoms with Gasteiger partial charge in [0.25, 0.3) is 0 Å². The number of ketones is 1. The van der Waals surface area contributed by atoms with Crippen LogP contribution in [0.1, 0.15) is 79.6 Å². The molecule has 0 amide bonds. The molecule has 0 radical (unpaired) electrons. The van der Waals surface area contributed by atoms with E-state index in [0.29, 0.717) is 25.2 Å². The Hall–Kier alpha value is -2.43. The fraction of sp³-hybridized carbons (Fsp3) is 0.645. The van der Waals surface area contributed by atoms with E-state index in [2.05, 4.69) is 38.7 Å². The third kappa shape index (κ3) is 4.03. The van der Waals surface area contributed by atoms with Crippen molar-refractivity contribution in [2.75, 3.05) is 0 Å². The molecule has 0 aromatic rings. The highest BCUT2D eigenvalue weighted by atomic mass is 16.6. The summed E-state index contributed by atoms with van der Waals surface area (Å²) in [5.41, 5.74) is 0.251. The van der Waals surface area contributed by atoms with E-state index in [9.17, 15) is 19.5 Å². The predicted octanol–water partition coefficient (Wildman–Crippen LogP) is 6.46. The summed E-state index contributed by atoms with van der Waals surface area (Å²) in [6.45, 7) is 13.9. The molecule has 8 unspecified atom stereocenters. The standard InChI is InChI=1S/C31H42O5/c1-7-30(19(2)3,36-21(5)32)16-12-20(4)25-10-11-27-24-9-8-22-18-23(33)13-15-29(22,6)26(24)14-17-31(25,27)28(34)35/h8-9,13,15,18,20,24-27H,2,7,10-12,14,16-17H2,1,3-6H3,(H,34,35). The summed E-state index contributed by atoms with van der Waals surface area (Å²) in [7, 11) is 0. The van der Waals surface area contributed by atoms with E-state index in [1.807, 2.05) is 13.8 Å². The second kappa shape index (κ2) is 9.46. The molecule has 0 aromatic heterocycles. The molecule has 8 atom stereocenters. The molecule has 4 rings (SSSR count). The molecule has 0 saturated heterocycles. The van der Waals surface area contributed by atoms with Crippen LogP contribution in [-0.4, -0.2) is 28.4 Å². The van der Waals surface area contributed by atoms with E-state index in [1.54, 1.807) is 12.2 Å². The first-order valence-corrected chi connectivity index (χ1v) is 13.6. The number of allylic oxidation sites excluding steroid dienone is 6. The minimum absolute atomic E-state index is 0.0303. The maximum absolute atomic E-state index is 13.1. The van der Waals surface area contributed by atoms with Gasteiger partial charge in [0.1, 0.15) is 5.60 Å².